The van der Waals surface area contributed by atoms with Crippen molar-refractivity contribution in [3.63, 3.8) is 0 Å². The zero-order valence-electron chi connectivity index (χ0n) is 8.04. The van der Waals surface area contributed by atoms with Crippen LogP contribution in [0, 0.1) is 0 Å². The summed E-state index contributed by atoms with van der Waals surface area (Å²) in [6.45, 7) is -0.225. The Bertz CT molecular complexity index is 384. The molecule has 16 heavy (non-hydrogen) atoms. The second-order valence-electron chi connectivity index (χ2n) is 3.04. The number of carbonyl (C=O) groups is 2. The molecular weight excluding hydrogens is 223 g/mol. The second kappa shape index (κ2) is 4.78. The molecule has 1 amide bonds. The number of alkyl halides is 3. The summed E-state index contributed by atoms with van der Waals surface area (Å²) < 4.78 is 35.4. The van der Waals surface area contributed by atoms with Crippen molar-refractivity contribution in [1.82, 2.24) is 5.32 Å². The standard InChI is InChI=1S/C10H8F3NO2/c11-10(12,13)9(16)14-5-7-1-3-8(6-15)4-2-7/h1-4,6H,5H2,(H,14,16). The summed E-state index contributed by atoms with van der Waals surface area (Å²) >= 11 is 0. The monoisotopic (exact) mass is 231 g/mol. The van der Waals surface area contributed by atoms with E-state index in [0.29, 0.717) is 17.4 Å². The van der Waals surface area contributed by atoms with E-state index in [1.165, 1.54) is 24.3 Å². The van der Waals surface area contributed by atoms with Gasteiger partial charge >= 0.3 is 12.1 Å². The van der Waals surface area contributed by atoms with E-state index in [9.17, 15) is 22.8 Å². The van der Waals surface area contributed by atoms with Crippen LogP contribution in [0.4, 0.5) is 13.2 Å². The third-order valence-electron chi connectivity index (χ3n) is 1.83. The minimum atomic E-state index is -4.87. The van der Waals surface area contributed by atoms with Crippen molar-refractivity contribution < 1.29 is 22.8 Å². The average molecular weight is 231 g/mol. The number of nitrogens with one attached hydrogen (secondary N) is 1. The number of aldehydes is 1. The van der Waals surface area contributed by atoms with Crippen molar-refractivity contribution in [2.24, 2.45) is 0 Å². The maximum Gasteiger partial charge on any atom is 0.471 e. The molecular formula is C10H8F3NO2. The van der Waals surface area contributed by atoms with Gasteiger partial charge in [-0.2, -0.15) is 13.2 Å². The van der Waals surface area contributed by atoms with E-state index in [1.54, 1.807) is 5.32 Å². The molecule has 0 aliphatic rings. The molecule has 0 saturated carbocycles. The molecule has 0 fully saturated rings. The first-order valence-electron chi connectivity index (χ1n) is 4.32. The molecule has 0 radical (unpaired) electrons. The Morgan fingerprint density at radius 3 is 2.25 bits per heavy atom. The van der Waals surface area contributed by atoms with Crippen LogP contribution in [0.5, 0.6) is 0 Å². The first-order valence-corrected chi connectivity index (χ1v) is 4.32. The third-order valence-corrected chi connectivity index (χ3v) is 1.83. The molecule has 0 bridgehead atoms. The lowest BCUT2D eigenvalue weighted by Crippen LogP contribution is -2.36. The highest BCUT2D eigenvalue weighted by atomic mass is 19.4. The highest BCUT2D eigenvalue weighted by molar-refractivity contribution is 5.81. The van der Waals surface area contributed by atoms with Crippen LogP contribution in [0.15, 0.2) is 24.3 Å². The Hall–Kier alpha value is -1.85. The van der Waals surface area contributed by atoms with Crippen molar-refractivity contribution in [1.29, 1.82) is 0 Å². The van der Waals surface area contributed by atoms with Gasteiger partial charge in [-0.15, -0.1) is 0 Å². The molecule has 0 atom stereocenters. The molecule has 0 aromatic heterocycles. The Morgan fingerprint density at radius 2 is 1.81 bits per heavy atom. The summed E-state index contributed by atoms with van der Waals surface area (Å²) in [5.41, 5.74) is 0.911. The Labute approximate surface area is 89.3 Å². The van der Waals surface area contributed by atoms with Gasteiger partial charge in [0.05, 0.1) is 0 Å². The Balaban J connectivity index is 2.55. The molecule has 0 heterocycles. The molecule has 1 rings (SSSR count). The quantitative estimate of drug-likeness (QED) is 0.804. The SMILES string of the molecule is O=Cc1ccc(CNC(=O)C(F)(F)F)cc1. The van der Waals surface area contributed by atoms with E-state index in [4.69, 9.17) is 0 Å². The van der Waals surface area contributed by atoms with Gasteiger partial charge in [-0.3, -0.25) is 9.59 Å². The lowest BCUT2D eigenvalue weighted by atomic mass is 10.1. The number of hydrogen-bond donors (Lipinski definition) is 1. The number of amides is 1. The summed E-state index contributed by atoms with van der Waals surface area (Å²) in [7, 11) is 0. The molecule has 0 saturated heterocycles. The highest BCUT2D eigenvalue weighted by Gasteiger charge is 2.38. The van der Waals surface area contributed by atoms with Crippen LogP contribution in [0.1, 0.15) is 15.9 Å². The van der Waals surface area contributed by atoms with Crippen LogP contribution >= 0.6 is 0 Å². The normalized spacial score (nSPS) is 10.9. The first kappa shape index (κ1) is 12.2. The first-order chi connectivity index (χ1) is 7.43. The molecule has 1 aromatic rings. The van der Waals surface area contributed by atoms with Gasteiger partial charge in [0.2, 0.25) is 0 Å². The molecule has 3 nitrogen and oxygen atoms in total. The van der Waals surface area contributed by atoms with E-state index >= 15 is 0 Å². The van der Waals surface area contributed by atoms with E-state index in [-0.39, 0.29) is 6.54 Å². The number of benzene rings is 1. The third kappa shape index (κ3) is 3.38. The van der Waals surface area contributed by atoms with Crippen LogP contribution in [0.2, 0.25) is 0 Å². The van der Waals surface area contributed by atoms with Crippen molar-refractivity contribution >= 4 is 12.2 Å². The molecule has 1 N–H and O–H groups in total. The number of hydrogen-bond acceptors (Lipinski definition) is 2. The van der Waals surface area contributed by atoms with Gasteiger partial charge in [-0.25, -0.2) is 0 Å². The van der Waals surface area contributed by atoms with Crippen molar-refractivity contribution in [2.75, 3.05) is 0 Å². The fourth-order valence-corrected chi connectivity index (χ4v) is 0.997. The minimum Gasteiger partial charge on any atom is -0.344 e. The van der Waals surface area contributed by atoms with E-state index in [1.807, 2.05) is 0 Å². The highest BCUT2D eigenvalue weighted by Crippen LogP contribution is 2.14. The van der Waals surface area contributed by atoms with E-state index < -0.39 is 12.1 Å². The maximum absolute atomic E-state index is 11.8. The van der Waals surface area contributed by atoms with Crippen LogP contribution in [0.25, 0.3) is 0 Å². The number of rotatable bonds is 3. The molecule has 0 aliphatic carbocycles. The Morgan fingerprint density at radius 1 is 1.25 bits per heavy atom. The van der Waals surface area contributed by atoms with E-state index in [0.717, 1.165) is 0 Å². The summed E-state index contributed by atoms with van der Waals surface area (Å²) in [4.78, 5) is 20.8. The van der Waals surface area contributed by atoms with E-state index in [2.05, 4.69) is 0 Å². The molecule has 6 heteroatoms. The maximum atomic E-state index is 11.8. The summed E-state index contributed by atoms with van der Waals surface area (Å²) in [6.07, 6.45) is -4.25. The fourth-order valence-electron chi connectivity index (χ4n) is 0.997. The molecule has 0 spiro atoms. The topological polar surface area (TPSA) is 46.2 Å². The van der Waals surface area contributed by atoms with Crippen molar-refractivity contribution in [2.45, 2.75) is 12.7 Å². The van der Waals surface area contributed by atoms with Crippen LogP contribution in [-0.2, 0) is 11.3 Å². The summed E-state index contributed by atoms with van der Waals surface area (Å²) in [5.74, 6) is -1.98. The van der Waals surface area contributed by atoms with Crippen LogP contribution in [-0.4, -0.2) is 18.4 Å². The average Bonchev–Trinajstić information content (AvgIpc) is 2.25. The van der Waals surface area contributed by atoms with Gasteiger partial charge < -0.3 is 5.32 Å². The van der Waals surface area contributed by atoms with Gasteiger partial charge in [0.1, 0.15) is 6.29 Å². The smallest absolute Gasteiger partial charge is 0.344 e. The van der Waals surface area contributed by atoms with Gasteiger partial charge in [-0.05, 0) is 5.56 Å². The van der Waals surface area contributed by atoms with Gasteiger partial charge in [-0.1, -0.05) is 24.3 Å². The van der Waals surface area contributed by atoms with Gasteiger partial charge in [0, 0.05) is 12.1 Å². The van der Waals surface area contributed by atoms with Crippen molar-refractivity contribution in [3.8, 4) is 0 Å². The van der Waals surface area contributed by atoms with Crippen LogP contribution < -0.4 is 5.32 Å². The van der Waals surface area contributed by atoms with Gasteiger partial charge in [0.25, 0.3) is 0 Å². The Kier molecular flexibility index (Phi) is 3.65. The summed E-state index contributed by atoms with van der Waals surface area (Å²) in [5, 5.41) is 1.72. The molecule has 0 unspecified atom stereocenters. The zero-order valence-corrected chi connectivity index (χ0v) is 8.04. The lowest BCUT2D eigenvalue weighted by Gasteiger charge is -2.07. The largest absolute Gasteiger partial charge is 0.471 e. The second-order valence-corrected chi connectivity index (χ2v) is 3.04. The molecule has 86 valence electrons. The predicted octanol–water partition coefficient (Wildman–Crippen LogP) is 1.68. The fraction of sp³-hybridized carbons (Fsp3) is 0.200. The lowest BCUT2D eigenvalue weighted by molar-refractivity contribution is -0.173. The number of carbonyl (C=O) groups excluding carboxylic acids is 2. The van der Waals surface area contributed by atoms with Gasteiger partial charge in [0.15, 0.2) is 0 Å². The zero-order chi connectivity index (χ0) is 12.2. The number of halogens is 3. The predicted molar refractivity (Wildman–Crippen MR) is 49.7 cm³/mol. The van der Waals surface area contributed by atoms with Crippen molar-refractivity contribution in [3.05, 3.63) is 35.4 Å². The van der Waals surface area contributed by atoms with Crippen LogP contribution in [0.3, 0.4) is 0 Å². The summed E-state index contributed by atoms with van der Waals surface area (Å²) in [6, 6.07) is 5.87. The molecule has 0 aliphatic heterocycles. The molecule has 1 aromatic carbocycles. The minimum absolute atomic E-state index is 0.225.